The van der Waals surface area contributed by atoms with E-state index >= 15 is 0 Å². The normalized spacial score (nSPS) is 11.3. The minimum atomic E-state index is -4.67. The van der Waals surface area contributed by atoms with Crippen molar-refractivity contribution in [3.63, 3.8) is 0 Å². The highest BCUT2D eigenvalue weighted by Gasteiger charge is 2.32. The summed E-state index contributed by atoms with van der Waals surface area (Å²) in [6, 6.07) is 8.59. The van der Waals surface area contributed by atoms with Crippen molar-refractivity contribution in [3.8, 4) is 0 Å². The van der Waals surface area contributed by atoms with Gasteiger partial charge in [0.2, 0.25) is 0 Å². The monoisotopic (exact) mass is 340 g/mol. The van der Waals surface area contributed by atoms with Gasteiger partial charge in [-0.05, 0) is 29.7 Å². The number of rotatable bonds is 5. The van der Waals surface area contributed by atoms with E-state index < -0.39 is 23.3 Å². The van der Waals surface area contributed by atoms with Gasteiger partial charge < -0.3 is 15.4 Å². The molecule has 0 aliphatic heterocycles. The second-order valence-electron chi connectivity index (χ2n) is 5.09. The van der Waals surface area contributed by atoms with Crippen LogP contribution in [0.4, 0.5) is 13.2 Å². The summed E-state index contributed by atoms with van der Waals surface area (Å²) in [5.74, 6) is -0.739. The number of carbonyl (C=O) groups excluding carboxylic acids is 1. The summed E-state index contributed by atoms with van der Waals surface area (Å²) in [6.45, 7) is 0.158. The highest BCUT2D eigenvalue weighted by Crippen LogP contribution is 2.26. The first-order valence-corrected chi connectivity index (χ1v) is 7.08. The Balaban J connectivity index is 1.96. The summed E-state index contributed by atoms with van der Waals surface area (Å²) >= 11 is 0. The van der Waals surface area contributed by atoms with Gasteiger partial charge in [-0.25, -0.2) is 0 Å². The van der Waals surface area contributed by atoms with Gasteiger partial charge in [-0.15, -0.1) is 0 Å². The molecule has 0 aliphatic carbocycles. The quantitative estimate of drug-likeness (QED) is 0.777. The van der Waals surface area contributed by atoms with Crippen molar-refractivity contribution in [3.05, 3.63) is 69.1 Å². The van der Waals surface area contributed by atoms with Crippen LogP contribution in [-0.2, 0) is 19.2 Å². The van der Waals surface area contributed by atoms with E-state index in [1.165, 1.54) is 0 Å². The van der Waals surface area contributed by atoms with Crippen molar-refractivity contribution in [2.75, 3.05) is 6.54 Å². The number of nitrogens with one attached hydrogen (secondary N) is 2. The Morgan fingerprint density at radius 1 is 1.08 bits per heavy atom. The average Bonchev–Trinajstić information content (AvgIpc) is 2.54. The van der Waals surface area contributed by atoms with Gasteiger partial charge in [0, 0.05) is 6.54 Å². The molecule has 128 valence electrons. The van der Waals surface area contributed by atoms with Crippen LogP contribution in [0.2, 0.25) is 0 Å². The van der Waals surface area contributed by atoms with Crippen LogP contribution in [-0.4, -0.2) is 22.5 Å². The molecule has 1 heterocycles. The Labute approximate surface area is 135 Å². The molecule has 0 atom stereocenters. The number of hydrogen-bond donors (Lipinski definition) is 3. The van der Waals surface area contributed by atoms with E-state index in [-0.39, 0.29) is 18.7 Å². The summed E-state index contributed by atoms with van der Waals surface area (Å²) in [6.07, 6.45) is -4.19. The Bertz CT molecular complexity index is 767. The van der Waals surface area contributed by atoms with Gasteiger partial charge in [0.05, 0.1) is 6.61 Å². The lowest BCUT2D eigenvalue weighted by atomic mass is 10.1. The number of benzene rings is 1. The maximum atomic E-state index is 12.5. The van der Waals surface area contributed by atoms with Crippen molar-refractivity contribution >= 4 is 5.91 Å². The Kier molecular flexibility index (Phi) is 5.40. The maximum absolute atomic E-state index is 12.5. The van der Waals surface area contributed by atoms with E-state index in [1.807, 2.05) is 0 Å². The summed E-state index contributed by atoms with van der Waals surface area (Å²) in [5, 5.41) is 11.4. The molecule has 0 saturated carbocycles. The molecule has 0 saturated heterocycles. The van der Waals surface area contributed by atoms with Crippen LogP contribution < -0.4 is 10.9 Å². The van der Waals surface area contributed by atoms with Gasteiger partial charge in [-0.2, -0.15) is 13.2 Å². The number of alkyl halides is 3. The Morgan fingerprint density at radius 2 is 1.71 bits per heavy atom. The number of amides is 1. The highest BCUT2D eigenvalue weighted by molar-refractivity contribution is 5.93. The minimum Gasteiger partial charge on any atom is -0.392 e. The zero-order chi connectivity index (χ0) is 17.7. The molecular weight excluding hydrogens is 325 g/mol. The molecule has 5 nitrogen and oxygen atoms in total. The predicted octanol–water partition coefficient (Wildman–Crippen LogP) is 1.86. The van der Waals surface area contributed by atoms with Crippen LogP contribution in [0.5, 0.6) is 0 Å². The van der Waals surface area contributed by atoms with Crippen molar-refractivity contribution < 1.29 is 23.1 Å². The first-order valence-electron chi connectivity index (χ1n) is 7.08. The largest absolute Gasteiger partial charge is 0.431 e. The van der Waals surface area contributed by atoms with Crippen molar-refractivity contribution in [1.82, 2.24) is 10.3 Å². The molecule has 1 amide bonds. The number of aliphatic hydroxyl groups excluding tert-OH is 1. The summed E-state index contributed by atoms with van der Waals surface area (Å²) < 4.78 is 37.4. The fraction of sp³-hybridized carbons (Fsp3) is 0.250. The molecule has 0 bridgehead atoms. The number of aromatic nitrogens is 1. The number of H-pyrrole nitrogens is 1. The SMILES string of the molecule is O=C(NCCc1ccc(CO)cc1)c1ccc(C(F)(F)F)[nH]c1=O. The summed E-state index contributed by atoms with van der Waals surface area (Å²) in [4.78, 5) is 25.1. The zero-order valence-corrected chi connectivity index (χ0v) is 12.5. The number of hydrogen-bond acceptors (Lipinski definition) is 3. The van der Waals surface area contributed by atoms with Gasteiger partial charge in [0.1, 0.15) is 11.3 Å². The predicted molar refractivity (Wildman–Crippen MR) is 80.5 cm³/mol. The van der Waals surface area contributed by atoms with E-state index in [9.17, 15) is 22.8 Å². The third-order valence-electron chi connectivity index (χ3n) is 3.36. The molecule has 0 radical (unpaired) electrons. The first-order chi connectivity index (χ1) is 11.3. The van der Waals surface area contributed by atoms with Gasteiger partial charge in [-0.3, -0.25) is 9.59 Å². The van der Waals surface area contributed by atoms with Gasteiger partial charge in [-0.1, -0.05) is 24.3 Å². The first kappa shape index (κ1) is 17.7. The number of aliphatic hydroxyl groups is 1. The molecule has 0 spiro atoms. The molecule has 0 fully saturated rings. The molecule has 0 unspecified atom stereocenters. The summed E-state index contributed by atoms with van der Waals surface area (Å²) in [5.41, 5.74) is -0.992. The molecular formula is C16H15F3N2O3. The van der Waals surface area contributed by atoms with E-state index in [2.05, 4.69) is 5.32 Å². The number of carbonyl (C=O) groups is 1. The highest BCUT2D eigenvalue weighted by atomic mass is 19.4. The van der Waals surface area contributed by atoms with Gasteiger partial charge in [0.25, 0.3) is 11.5 Å². The van der Waals surface area contributed by atoms with Crippen LogP contribution in [0.3, 0.4) is 0 Å². The number of aromatic amines is 1. The lowest BCUT2D eigenvalue weighted by Crippen LogP contribution is -2.32. The number of halogens is 3. The van der Waals surface area contributed by atoms with Crippen LogP contribution in [0.25, 0.3) is 0 Å². The van der Waals surface area contributed by atoms with Crippen LogP contribution in [0.15, 0.2) is 41.2 Å². The Morgan fingerprint density at radius 3 is 2.25 bits per heavy atom. The van der Waals surface area contributed by atoms with Gasteiger partial charge in [0.15, 0.2) is 0 Å². The number of pyridine rings is 1. The van der Waals surface area contributed by atoms with Crippen molar-refractivity contribution in [2.24, 2.45) is 0 Å². The molecule has 8 heteroatoms. The van der Waals surface area contributed by atoms with Crippen LogP contribution in [0, 0.1) is 0 Å². The Hall–Kier alpha value is -2.61. The minimum absolute atomic E-state index is 0.0618. The third kappa shape index (κ3) is 4.45. The maximum Gasteiger partial charge on any atom is 0.431 e. The van der Waals surface area contributed by atoms with Crippen molar-refractivity contribution in [2.45, 2.75) is 19.2 Å². The standard InChI is InChI=1S/C16H15F3N2O3/c17-16(18,19)13-6-5-12(15(24)21-13)14(23)20-8-7-10-1-3-11(9-22)4-2-10/h1-6,22H,7-9H2,(H,20,23)(H,21,24). The topological polar surface area (TPSA) is 82.2 Å². The lowest BCUT2D eigenvalue weighted by molar-refractivity contribution is -0.141. The smallest absolute Gasteiger partial charge is 0.392 e. The van der Waals surface area contributed by atoms with Crippen LogP contribution >= 0.6 is 0 Å². The molecule has 1 aromatic carbocycles. The lowest BCUT2D eigenvalue weighted by Gasteiger charge is -2.08. The average molecular weight is 340 g/mol. The third-order valence-corrected chi connectivity index (χ3v) is 3.36. The molecule has 2 rings (SSSR count). The van der Waals surface area contributed by atoms with E-state index in [4.69, 9.17) is 5.11 Å². The second kappa shape index (κ2) is 7.31. The summed E-state index contributed by atoms with van der Waals surface area (Å²) in [7, 11) is 0. The van der Waals surface area contributed by atoms with E-state index in [1.54, 1.807) is 29.2 Å². The van der Waals surface area contributed by atoms with Crippen molar-refractivity contribution in [1.29, 1.82) is 0 Å². The molecule has 1 aromatic heterocycles. The second-order valence-corrected chi connectivity index (χ2v) is 5.09. The van der Waals surface area contributed by atoms with E-state index in [0.717, 1.165) is 17.2 Å². The molecule has 24 heavy (non-hydrogen) atoms. The fourth-order valence-electron chi connectivity index (χ4n) is 2.04. The van der Waals surface area contributed by atoms with E-state index in [0.29, 0.717) is 12.5 Å². The molecule has 3 N–H and O–H groups in total. The molecule has 0 aliphatic rings. The fourth-order valence-corrected chi connectivity index (χ4v) is 2.04. The van der Waals surface area contributed by atoms with Crippen LogP contribution in [0.1, 0.15) is 27.2 Å². The molecule has 2 aromatic rings. The zero-order valence-electron chi connectivity index (χ0n) is 12.5. The van der Waals surface area contributed by atoms with Gasteiger partial charge >= 0.3 is 6.18 Å².